The predicted molar refractivity (Wildman–Crippen MR) is 94.4 cm³/mol. The van der Waals surface area contributed by atoms with E-state index < -0.39 is 0 Å². The van der Waals surface area contributed by atoms with Crippen LogP contribution in [0.25, 0.3) is 0 Å². The van der Waals surface area contributed by atoms with Gasteiger partial charge in [-0.25, -0.2) is 0 Å². The zero-order chi connectivity index (χ0) is 16.2. The lowest BCUT2D eigenvalue weighted by Gasteiger charge is -2.26. The van der Waals surface area contributed by atoms with Gasteiger partial charge in [-0.1, -0.05) is 23.7 Å². The van der Waals surface area contributed by atoms with Gasteiger partial charge in [0.2, 0.25) is 5.91 Å². The molecule has 23 heavy (non-hydrogen) atoms. The lowest BCUT2D eigenvalue weighted by atomic mass is 10.0. The summed E-state index contributed by atoms with van der Waals surface area (Å²) in [7, 11) is 1.63. The summed E-state index contributed by atoms with van der Waals surface area (Å²) in [5.41, 5.74) is 2.09. The average Bonchev–Trinajstić information content (AvgIpc) is 2.56. The maximum absolute atomic E-state index is 12.3. The molecule has 1 atom stereocenters. The van der Waals surface area contributed by atoms with Crippen molar-refractivity contribution < 1.29 is 9.53 Å². The van der Waals surface area contributed by atoms with Crippen LogP contribution in [0.5, 0.6) is 5.75 Å². The fourth-order valence-corrected chi connectivity index (χ4v) is 3.98. The summed E-state index contributed by atoms with van der Waals surface area (Å²) >= 11 is 7.92. The first-order chi connectivity index (χ1) is 11.2. The third kappa shape index (κ3) is 4.01. The van der Waals surface area contributed by atoms with Crippen LogP contribution >= 0.6 is 23.4 Å². The molecule has 0 bridgehead atoms. The average molecular weight is 348 g/mol. The molecule has 3 nitrogen and oxygen atoms in total. The van der Waals surface area contributed by atoms with Crippen LogP contribution in [-0.2, 0) is 11.2 Å². The SMILES string of the molecule is COc1ccc(CC(=O)NC2CCSc3ccc(Cl)cc32)cc1. The molecule has 120 valence electrons. The first-order valence-corrected chi connectivity index (χ1v) is 8.86. The van der Waals surface area contributed by atoms with E-state index in [0.717, 1.165) is 29.1 Å². The molecule has 1 heterocycles. The van der Waals surface area contributed by atoms with Crippen LogP contribution in [0.4, 0.5) is 0 Å². The summed E-state index contributed by atoms with van der Waals surface area (Å²) in [6, 6.07) is 13.5. The van der Waals surface area contributed by atoms with Crippen molar-refractivity contribution in [3.63, 3.8) is 0 Å². The van der Waals surface area contributed by atoms with Crippen LogP contribution in [0.1, 0.15) is 23.6 Å². The van der Waals surface area contributed by atoms with Gasteiger partial charge in [-0.3, -0.25) is 4.79 Å². The Labute approximate surface area is 145 Å². The van der Waals surface area contributed by atoms with Crippen molar-refractivity contribution >= 4 is 29.3 Å². The fourth-order valence-electron chi connectivity index (χ4n) is 2.69. The van der Waals surface area contributed by atoms with Gasteiger partial charge in [0.15, 0.2) is 0 Å². The molecule has 3 rings (SSSR count). The molecular weight excluding hydrogens is 330 g/mol. The molecule has 1 amide bonds. The molecule has 1 aliphatic heterocycles. The second-order valence-corrected chi connectivity index (χ2v) is 7.04. The van der Waals surface area contributed by atoms with E-state index in [4.69, 9.17) is 16.3 Å². The molecule has 0 saturated carbocycles. The van der Waals surface area contributed by atoms with Crippen LogP contribution in [-0.4, -0.2) is 18.8 Å². The Hall–Kier alpha value is -1.65. The number of ether oxygens (including phenoxy) is 1. The van der Waals surface area contributed by atoms with Gasteiger partial charge in [0.25, 0.3) is 0 Å². The highest BCUT2D eigenvalue weighted by atomic mass is 35.5. The lowest BCUT2D eigenvalue weighted by Crippen LogP contribution is -2.31. The smallest absolute Gasteiger partial charge is 0.224 e. The molecule has 0 aliphatic carbocycles. The number of fused-ring (bicyclic) bond motifs is 1. The summed E-state index contributed by atoms with van der Waals surface area (Å²) in [5, 5.41) is 3.85. The van der Waals surface area contributed by atoms with E-state index in [9.17, 15) is 4.79 Å². The van der Waals surface area contributed by atoms with E-state index in [0.29, 0.717) is 11.4 Å². The monoisotopic (exact) mass is 347 g/mol. The van der Waals surface area contributed by atoms with Gasteiger partial charge in [-0.15, -0.1) is 11.8 Å². The number of hydrogen-bond acceptors (Lipinski definition) is 3. The van der Waals surface area contributed by atoms with E-state index in [-0.39, 0.29) is 11.9 Å². The number of rotatable bonds is 4. The fraction of sp³-hybridized carbons (Fsp3) is 0.278. The van der Waals surface area contributed by atoms with Crippen molar-refractivity contribution in [3.8, 4) is 5.75 Å². The van der Waals surface area contributed by atoms with E-state index >= 15 is 0 Å². The Morgan fingerprint density at radius 2 is 2.09 bits per heavy atom. The van der Waals surface area contributed by atoms with Crippen LogP contribution < -0.4 is 10.1 Å². The van der Waals surface area contributed by atoms with E-state index in [1.807, 2.05) is 54.2 Å². The molecule has 5 heteroatoms. The second kappa shape index (κ2) is 7.28. The standard InChI is InChI=1S/C18H18ClNO2S/c1-22-14-5-2-12(3-6-14)10-18(21)20-16-8-9-23-17-7-4-13(19)11-15(16)17/h2-7,11,16H,8-10H2,1H3,(H,20,21). The molecule has 0 fully saturated rings. The molecule has 0 radical (unpaired) electrons. The van der Waals surface area contributed by atoms with Gasteiger partial charge in [0, 0.05) is 15.7 Å². The van der Waals surface area contributed by atoms with Gasteiger partial charge >= 0.3 is 0 Å². The number of benzene rings is 2. The molecule has 2 aromatic carbocycles. The Morgan fingerprint density at radius 3 is 2.83 bits per heavy atom. The Morgan fingerprint density at radius 1 is 1.30 bits per heavy atom. The molecule has 1 unspecified atom stereocenters. The zero-order valence-corrected chi connectivity index (χ0v) is 14.4. The van der Waals surface area contributed by atoms with Gasteiger partial charge in [-0.05, 0) is 47.9 Å². The van der Waals surface area contributed by atoms with E-state index in [1.54, 1.807) is 7.11 Å². The molecule has 1 aliphatic rings. The maximum Gasteiger partial charge on any atom is 0.224 e. The number of methoxy groups -OCH3 is 1. The van der Waals surface area contributed by atoms with Crippen molar-refractivity contribution in [1.82, 2.24) is 5.32 Å². The van der Waals surface area contributed by atoms with Crippen molar-refractivity contribution in [2.75, 3.05) is 12.9 Å². The summed E-state index contributed by atoms with van der Waals surface area (Å²) in [5.74, 6) is 1.82. The maximum atomic E-state index is 12.3. The first kappa shape index (κ1) is 16.2. The Balaban J connectivity index is 1.67. The number of amides is 1. The highest BCUT2D eigenvalue weighted by Crippen LogP contribution is 2.37. The minimum Gasteiger partial charge on any atom is -0.497 e. The van der Waals surface area contributed by atoms with Gasteiger partial charge < -0.3 is 10.1 Å². The Bertz CT molecular complexity index is 703. The normalized spacial score (nSPS) is 16.5. The van der Waals surface area contributed by atoms with Crippen molar-refractivity contribution in [2.24, 2.45) is 0 Å². The number of carbonyl (C=O) groups excluding carboxylic acids is 1. The minimum atomic E-state index is 0.0259. The summed E-state index contributed by atoms with van der Waals surface area (Å²) in [6.07, 6.45) is 1.29. The first-order valence-electron chi connectivity index (χ1n) is 7.50. The number of halogens is 1. The molecule has 1 N–H and O–H groups in total. The molecule has 0 saturated heterocycles. The summed E-state index contributed by atoms with van der Waals surface area (Å²) < 4.78 is 5.13. The topological polar surface area (TPSA) is 38.3 Å². The third-order valence-electron chi connectivity index (χ3n) is 3.87. The largest absolute Gasteiger partial charge is 0.497 e. The van der Waals surface area contributed by atoms with Crippen LogP contribution in [0.2, 0.25) is 5.02 Å². The Kier molecular flexibility index (Phi) is 5.13. The van der Waals surface area contributed by atoms with Gasteiger partial charge in [0.05, 0.1) is 19.6 Å². The second-order valence-electron chi connectivity index (χ2n) is 5.46. The minimum absolute atomic E-state index is 0.0259. The third-order valence-corrected chi connectivity index (χ3v) is 5.23. The van der Waals surface area contributed by atoms with Crippen molar-refractivity contribution in [2.45, 2.75) is 23.8 Å². The molecule has 0 spiro atoms. The molecular formula is C18H18ClNO2S. The number of thioether (sulfide) groups is 1. The highest BCUT2D eigenvalue weighted by Gasteiger charge is 2.22. The van der Waals surface area contributed by atoms with Crippen molar-refractivity contribution in [3.05, 3.63) is 58.6 Å². The summed E-state index contributed by atoms with van der Waals surface area (Å²) in [6.45, 7) is 0. The number of hydrogen-bond donors (Lipinski definition) is 1. The van der Waals surface area contributed by atoms with E-state index in [2.05, 4.69) is 5.32 Å². The summed E-state index contributed by atoms with van der Waals surface area (Å²) in [4.78, 5) is 13.6. The molecule has 2 aromatic rings. The van der Waals surface area contributed by atoms with E-state index in [1.165, 1.54) is 4.90 Å². The number of carbonyl (C=O) groups is 1. The quantitative estimate of drug-likeness (QED) is 0.898. The van der Waals surface area contributed by atoms with Crippen LogP contribution in [0.3, 0.4) is 0 Å². The van der Waals surface area contributed by atoms with Gasteiger partial charge in [-0.2, -0.15) is 0 Å². The van der Waals surface area contributed by atoms with Crippen molar-refractivity contribution in [1.29, 1.82) is 0 Å². The molecule has 0 aromatic heterocycles. The van der Waals surface area contributed by atoms with Crippen LogP contribution in [0.15, 0.2) is 47.4 Å². The van der Waals surface area contributed by atoms with Gasteiger partial charge in [0.1, 0.15) is 5.75 Å². The predicted octanol–water partition coefficient (Wildman–Crippen LogP) is 4.24. The van der Waals surface area contributed by atoms with Crippen LogP contribution in [0, 0.1) is 0 Å². The highest BCUT2D eigenvalue weighted by molar-refractivity contribution is 7.99. The number of nitrogens with one attached hydrogen (secondary N) is 1. The zero-order valence-electron chi connectivity index (χ0n) is 12.8. The lowest BCUT2D eigenvalue weighted by molar-refractivity contribution is -0.121.